The second kappa shape index (κ2) is 2.49. The van der Waals surface area contributed by atoms with Crippen LogP contribution in [0.1, 0.15) is 0 Å². The number of halogens is 3. The zero-order chi connectivity index (χ0) is 7.49. The van der Waals surface area contributed by atoms with Crippen molar-refractivity contribution in [2.24, 2.45) is 4.99 Å². The summed E-state index contributed by atoms with van der Waals surface area (Å²) in [7, 11) is 2.57. The highest BCUT2D eigenvalue weighted by Gasteiger charge is 2.35. The van der Waals surface area contributed by atoms with Crippen LogP contribution in [0.2, 0.25) is 0 Å². The van der Waals surface area contributed by atoms with E-state index in [1.165, 1.54) is 0 Å². The topological polar surface area (TPSA) is 36.1 Å². The average molecular weight is 135 g/mol. The highest BCUT2D eigenvalue weighted by Crippen LogP contribution is 2.16. The maximum atomic E-state index is 11.3. The summed E-state index contributed by atoms with van der Waals surface area (Å²) in [6.07, 6.45) is -4.66. The second-order valence-electron chi connectivity index (χ2n) is 1.12. The largest absolute Gasteiger partial charge is 0.443 e. The molecule has 5 heteroatoms. The van der Waals surface area contributed by atoms with Crippen molar-refractivity contribution < 1.29 is 13.2 Å². The van der Waals surface area contributed by atoms with Gasteiger partial charge in [0.1, 0.15) is 6.07 Å². The van der Waals surface area contributed by atoms with Crippen molar-refractivity contribution in [2.45, 2.75) is 6.18 Å². The molecule has 0 aromatic rings. The van der Waals surface area contributed by atoms with Gasteiger partial charge in [0, 0.05) is 0 Å². The molecule has 0 aromatic carbocycles. The van der Waals surface area contributed by atoms with Gasteiger partial charge in [-0.3, -0.25) is 4.99 Å². The van der Waals surface area contributed by atoms with Gasteiger partial charge in [-0.1, -0.05) is 0 Å². The van der Waals surface area contributed by atoms with Crippen LogP contribution in [-0.4, -0.2) is 11.9 Å². The van der Waals surface area contributed by atoms with Crippen LogP contribution in [-0.2, 0) is 0 Å². The molecule has 0 fully saturated rings. The Hall–Kier alpha value is -1.05. The van der Waals surface area contributed by atoms with Gasteiger partial charge in [0.25, 0.3) is 0 Å². The molecular weight excluding hydrogens is 133 g/mol. The molecule has 0 aliphatic heterocycles. The predicted molar refractivity (Wildman–Crippen MR) is 24.5 cm³/mol. The van der Waals surface area contributed by atoms with Crippen LogP contribution in [0.15, 0.2) is 4.99 Å². The molecule has 0 aromatic heterocycles. The Labute approximate surface area is 49.6 Å². The van der Waals surface area contributed by atoms with Crippen LogP contribution < -0.4 is 0 Å². The zero-order valence-electron chi connectivity index (χ0n) is 4.24. The number of rotatable bonds is 0. The molecule has 2 nitrogen and oxygen atoms in total. The third kappa shape index (κ3) is 2.13. The first-order valence-corrected chi connectivity index (χ1v) is 1.83. The van der Waals surface area contributed by atoms with E-state index in [9.17, 15) is 13.2 Å². The quantitative estimate of drug-likeness (QED) is 0.461. The molecule has 0 spiro atoms. The van der Waals surface area contributed by atoms with Crippen molar-refractivity contribution in [2.75, 3.05) is 0 Å². The van der Waals surface area contributed by atoms with Crippen LogP contribution in [0.25, 0.3) is 0 Å². The molecule has 0 unspecified atom stereocenters. The van der Waals surface area contributed by atoms with E-state index in [4.69, 9.17) is 5.26 Å². The fourth-order valence-electron chi connectivity index (χ4n) is 0.188. The van der Waals surface area contributed by atoms with Gasteiger partial charge in [0.2, 0.25) is 5.71 Å². The van der Waals surface area contributed by atoms with E-state index >= 15 is 0 Å². The lowest BCUT2D eigenvalue weighted by Gasteiger charge is -1.98. The highest BCUT2D eigenvalue weighted by molar-refractivity contribution is 6.02. The summed E-state index contributed by atoms with van der Waals surface area (Å²) in [5.74, 6) is 0. The summed E-state index contributed by atoms with van der Waals surface area (Å²) in [6, 6.07) is 0.854. The molecule has 0 rings (SSSR count). The lowest BCUT2D eigenvalue weighted by Crippen LogP contribution is -2.20. The number of nitriles is 1. The van der Waals surface area contributed by atoms with Crippen molar-refractivity contribution >= 4 is 5.71 Å². The molecule has 0 aliphatic carbocycles. The van der Waals surface area contributed by atoms with Crippen molar-refractivity contribution in [3.05, 3.63) is 7.05 Å². The van der Waals surface area contributed by atoms with E-state index in [2.05, 4.69) is 12.0 Å². The molecule has 0 aliphatic rings. The molecule has 9 heavy (non-hydrogen) atoms. The third-order valence-electron chi connectivity index (χ3n) is 0.533. The van der Waals surface area contributed by atoms with Crippen molar-refractivity contribution in [1.29, 1.82) is 5.26 Å². The number of hydrogen-bond acceptors (Lipinski definition) is 2. The van der Waals surface area contributed by atoms with E-state index in [1.54, 1.807) is 0 Å². The number of hydrogen-bond donors (Lipinski definition) is 0. The minimum absolute atomic E-state index is 0.854. The second-order valence-corrected chi connectivity index (χ2v) is 1.12. The highest BCUT2D eigenvalue weighted by atomic mass is 19.4. The van der Waals surface area contributed by atoms with Gasteiger partial charge in [-0.2, -0.15) is 18.4 Å². The average Bonchev–Trinajstić information content (AvgIpc) is 1.65. The van der Waals surface area contributed by atoms with Crippen LogP contribution in [0.5, 0.6) is 0 Å². The molecule has 0 atom stereocenters. The summed E-state index contributed by atoms with van der Waals surface area (Å²) < 4.78 is 34.0. The molecule has 0 heterocycles. The Morgan fingerprint density at radius 1 is 1.56 bits per heavy atom. The third-order valence-corrected chi connectivity index (χ3v) is 0.533. The molecular formula is C4H2F3N2. The van der Waals surface area contributed by atoms with Crippen molar-refractivity contribution in [3.63, 3.8) is 0 Å². The lowest BCUT2D eigenvalue weighted by molar-refractivity contribution is -0.0572. The van der Waals surface area contributed by atoms with Crippen molar-refractivity contribution in [3.8, 4) is 6.07 Å². The first kappa shape index (κ1) is 7.95. The summed E-state index contributed by atoms with van der Waals surface area (Å²) in [5, 5.41) is 7.72. The van der Waals surface area contributed by atoms with Crippen LogP contribution in [0.3, 0.4) is 0 Å². The van der Waals surface area contributed by atoms with Gasteiger partial charge in [-0.25, -0.2) is 0 Å². The molecule has 0 N–H and O–H groups in total. The Morgan fingerprint density at radius 3 is 2.00 bits per heavy atom. The molecule has 0 amide bonds. The Kier molecular flexibility index (Phi) is 2.20. The van der Waals surface area contributed by atoms with Crippen LogP contribution in [0, 0.1) is 18.4 Å². The first-order valence-electron chi connectivity index (χ1n) is 1.83. The summed E-state index contributed by atoms with van der Waals surface area (Å²) >= 11 is 0. The minimum Gasteiger partial charge on any atom is -0.269 e. The normalized spacial score (nSPS) is 13.0. The monoisotopic (exact) mass is 135 g/mol. The zero-order valence-corrected chi connectivity index (χ0v) is 4.24. The molecule has 0 saturated heterocycles. The van der Waals surface area contributed by atoms with Crippen LogP contribution >= 0.6 is 0 Å². The van der Waals surface area contributed by atoms with Gasteiger partial charge in [0.05, 0.1) is 7.05 Å². The van der Waals surface area contributed by atoms with E-state index in [-0.39, 0.29) is 0 Å². The predicted octanol–water partition coefficient (Wildman–Crippen LogP) is 1.30. The minimum atomic E-state index is -4.66. The molecule has 0 bridgehead atoms. The fraction of sp³-hybridized carbons (Fsp3) is 0.250. The Balaban J connectivity index is 4.39. The summed E-state index contributed by atoms with van der Waals surface area (Å²) in [4.78, 5) is 2.46. The van der Waals surface area contributed by atoms with E-state index in [1.807, 2.05) is 0 Å². The van der Waals surface area contributed by atoms with E-state index < -0.39 is 11.9 Å². The van der Waals surface area contributed by atoms with Crippen LogP contribution in [0.4, 0.5) is 13.2 Å². The molecule has 49 valence electrons. The first-order chi connectivity index (χ1) is 4.02. The van der Waals surface area contributed by atoms with Gasteiger partial charge >= 0.3 is 6.18 Å². The maximum Gasteiger partial charge on any atom is 0.443 e. The summed E-state index contributed by atoms with van der Waals surface area (Å²) in [6.45, 7) is 0. The smallest absolute Gasteiger partial charge is 0.269 e. The van der Waals surface area contributed by atoms with Gasteiger partial charge in [0.15, 0.2) is 0 Å². The maximum absolute atomic E-state index is 11.3. The fourth-order valence-corrected chi connectivity index (χ4v) is 0.188. The summed E-state index contributed by atoms with van der Waals surface area (Å²) in [5.41, 5.74) is -1.51. The number of aliphatic imine (C=N–C) groups is 1. The number of alkyl halides is 3. The van der Waals surface area contributed by atoms with E-state index in [0.717, 1.165) is 6.07 Å². The standard InChI is InChI=1S/C4H2F3N2/c1-9-3(2-8)4(5,6)7/h1H2. The van der Waals surface area contributed by atoms with Gasteiger partial charge < -0.3 is 0 Å². The SMILES string of the molecule is [CH2]N=C(C#N)C(F)(F)F. The van der Waals surface area contributed by atoms with Gasteiger partial charge in [-0.15, -0.1) is 0 Å². The number of nitrogens with zero attached hydrogens (tertiary/aromatic N) is 2. The molecule has 0 saturated carbocycles. The lowest BCUT2D eigenvalue weighted by atomic mass is 10.4. The van der Waals surface area contributed by atoms with Crippen molar-refractivity contribution in [1.82, 2.24) is 0 Å². The van der Waals surface area contributed by atoms with E-state index in [0.29, 0.717) is 0 Å². The molecule has 1 radical (unpaired) electrons. The Bertz CT molecular complexity index is 162. The van der Waals surface area contributed by atoms with Gasteiger partial charge in [-0.05, 0) is 0 Å². The Morgan fingerprint density at radius 2 is 2.00 bits per heavy atom.